The molecule has 0 radical (unpaired) electrons. The second-order valence-corrected chi connectivity index (χ2v) is 5.75. The Morgan fingerprint density at radius 3 is 2.58 bits per heavy atom. The van der Waals surface area contributed by atoms with Crippen LogP contribution in [0.25, 0.3) is 0 Å². The SMILES string of the molecule is CC(=O)NCC1CCN(C(=O)[C@@H]2CCCNC2)CC1. The monoisotopic (exact) mass is 267 g/mol. The summed E-state index contributed by atoms with van der Waals surface area (Å²) < 4.78 is 0. The van der Waals surface area contributed by atoms with Gasteiger partial charge in [0, 0.05) is 33.1 Å². The largest absolute Gasteiger partial charge is 0.356 e. The van der Waals surface area contributed by atoms with E-state index < -0.39 is 0 Å². The standard InChI is InChI=1S/C14H25N3O2/c1-11(18)16-9-12-4-7-17(8-5-12)14(19)13-3-2-6-15-10-13/h12-13,15H,2-10H2,1H3,(H,16,18)/t13-/m1/s1. The van der Waals surface area contributed by atoms with Crippen LogP contribution in [0.2, 0.25) is 0 Å². The van der Waals surface area contributed by atoms with E-state index in [1.54, 1.807) is 6.92 Å². The highest BCUT2D eigenvalue weighted by Crippen LogP contribution is 2.20. The smallest absolute Gasteiger partial charge is 0.226 e. The van der Waals surface area contributed by atoms with Crippen molar-refractivity contribution < 1.29 is 9.59 Å². The zero-order valence-electron chi connectivity index (χ0n) is 11.8. The van der Waals surface area contributed by atoms with E-state index in [9.17, 15) is 9.59 Å². The molecule has 2 saturated heterocycles. The molecule has 2 fully saturated rings. The van der Waals surface area contributed by atoms with E-state index in [0.717, 1.165) is 58.4 Å². The van der Waals surface area contributed by atoms with Crippen molar-refractivity contribution in [2.24, 2.45) is 11.8 Å². The van der Waals surface area contributed by atoms with Gasteiger partial charge in [-0.1, -0.05) is 0 Å². The number of hydrogen-bond acceptors (Lipinski definition) is 3. The van der Waals surface area contributed by atoms with E-state index in [1.807, 2.05) is 4.90 Å². The number of carbonyl (C=O) groups excluding carboxylic acids is 2. The van der Waals surface area contributed by atoms with Gasteiger partial charge in [-0.25, -0.2) is 0 Å². The Morgan fingerprint density at radius 2 is 2.00 bits per heavy atom. The average molecular weight is 267 g/mol. The first-order chi connectivity index (χ1) is 9.16. The first-order valence-electron chi connectivity index (χ1n) is 7.40. The molecule has 0 aromatic heterocycles. The zero-order chi connectivity index (χ0) is 13.7. The number of nitrogens with zero attached hydrogens (tertiary/aromatic N) is 1. The molecule has 0 unspecified atom stereocenters. The van der Waals surface area contributed by atoms with Crippen LogP contribution in [0.3, 0.4) is 0 Å². The summed E-state index contributed by atoms with van der Waals surface area (Å²) >= 11 is 0. The van der Waals surface area contributed by atoms with Gasteiger partial charge in [-0.2, -0.15) is 0 Å². The molecule has 5 nitrogen and oxygen atoms in total. The third kappa shape index (κ3) is 4.20. The highest BCUT2D eigenvalue weighted by atomic mass is 16.2. The van der Waals surface area contributed by atoms with Gasteiger partial charge in [-0.05, 0) is 38.1 Å². The molecule has 108 valence electrons. The Morgan fingerprint density at radius 1 is 1.26 bits per heavy atom. The molecular weight excluding hydrogens is 242 g/mol. The van der Waals surface area contributed by atoms with Crippen LogP contribution in [-0.2, 0) is 9.59 Å². The van der Waals surface area contributed by atoms with Gasteiger partial charge in [0.1, 0.15) is 0 Å². The molecule has 5 heteroatoms. The van der Waals surface area contributed by atoms with Crippen molar-refractivity contribution in [2.45, 2.75) is 32.6 Å². The van der Waals surface area contributed by atoms with Crippen molar-refractivity contribution in [2.75, 3.05) is 32.7 Å². The van der Waals surface area contributed by atoms with Crippen LogP contribution in [0.5, 0.6) is 0 Å². The predicted octanol–water partition coefficient (Wildman–Crippen LogP) is 0.361. The zero-order valence-corrected chi connectivity index (χ0v) is 11.8. The van der Waals surface area contributed by atoms with Crippen molar-refractivity contribution in [1.82, 2.24) is 15.5 Å². The topological polar surface area (TPSA) is 61.4 Å². The van der Waals surface area contributed by atoms with Crippen molar-refractivity contribution in [1.29, 1.82) is 0 Å². The van der Waals surface area contributed by atoms with Crippen LogP contribution in [0.1, 0.15) is 32.6 Å². The summed E-state index contributed by atoms with van der Waals surface area (Å²) in [6, 6.07) is 0. The third-order valence-electron chi connectivity index (χ3n) is 4.21. The summed E-state index contributed by atoms with van der Waals surface area (Å²) in [6.07, 6.45) is 4.14. The summed E-state index contributed by atoms with van der Waals surface area (Å²) in [6.45, 7) is 5.88. The normalized spacial score (nSPS) is 25.1. The predicted molar refractivity (Wildman–Crippen MR) is 73.6 cm³/mol. The molecule has 0 aliphatic carbocycles. The van der Waals surface area contributed by atoms with Gasteiger partial charge in [0.25, 0.3) is 0 Å². The molecule has 19 heavy (non-hydrogen) atoms. The van der Waals surface area contributed by atoms with E-state index in [-0.39, 0.29) is 11.8 Å². The van der Waals surface area contributed by atoms with Crippen LogP contribution in [0, 0.1) is 11.8 Å². The van der Waals surface area contributed by atoms with E-state index in [2.05, 4.69) is 10.6 Å². The molecule has 1 atom stereocenters. The molecule has 2 aliphatic rings. The summed E-state index contributed by atoms with van der Waals surface area (Å²) in [5.74, 6) is 1.06. The first kappa shape index (κ1) is 14.3. The molecule has 2 heterocycles. The highest BCUT2D eigenvalue weighted by Gasteiger charge is 2.28. The van der Waals surface area contributed by atoms with E-state index >= 15 is 0 Å². The van der Waals surface area contributed by atoms with Crippen LogP contribution in [0.4, 0.5) is 0 Å². The molecule has 0 aromatic carbocycles. The maximum absolute atomic E-state index is 12.3. The number of likely N-dealkylation sites (tertiary alicyclic amines) is 1. The first-order valence-corrected chi connectivity index (χ1v) is 7.40. The fraction of sp³-hybridized carbons (Fsp3) is 0.857. The Balaban J connectivity index is 1.72. The number of piperidine rings is 2. The van der Waals surface area contributed by atoms with Crippen LogP contribution in [0.15, 0.2) is 0 Å². The lowest BCUT2D eigenvalue weighted by atomic mass is 9.93. The molecule has 2 rings (SSSR count). The Hall–Kier alpha value is -1.10. The van der Waals surface area contributed by atoms with Gasteiger partial charge < -0.3 is 15.5 Å². The van der Waals surface area contributed by atoms with Crippen LogP contribution < -0.4 is 10.6 Å². The van der Waals surface area contributed by atoms with Crippen LogP contribution in [-0.4, -0.2) is 49.4 Å². The minimum atomic E-state index is 0.0341. The molecule has 2 aliphatic heterocycles. The number of rotatable bonds is 3. The lowest BCUT2D eigenvalue weighted by molar-refractivity contribution is -0.137. The van der Waals surface area contributed by atoms with Crippen molar-refractivity contribution >= 4 is 11.8 Å². The van der Waals surface area contributed by atoms with Gasteiger partial charge >= 0.3 is 0 Å². The summed E-state index contributed by atoms with van der Waals surface area (Å²) in [5, 5.41) is 6.17. The Kier molecular flexibility index (Phi) is 5.19. The van der Waals surface area contributed by atoms with Gasteiger partial charge in [0.2, 0.25) is 11.8 Å². The summed E-state index contributed by atoms with van der Waals surface area (Å²) in [4.78, 5) is 25.2. The second kappa shape index (κ2) is 6.89. The fourth-order valence-corrected chi connectivity index (χ4v) is 2.97. The number of hydrogen-bond donors (Lipinski definition) is 2. The molecular formula is C14H25N3O2. The molecule has 2 amide bonds. The van der Waals surface area contributed by atoms with Gasteiger partial charge in [-0.3, -0.25) is 9.59 Å². The summed E-state index contributed by atoms with van der Waals surface area (Å²) in [7, 11) is 0. The average Bonchev–Trinajstić information content (AvgIpc) is 2.46. The molecule has 0 saturated carbocycles. The van der Waals surface area contributed by atoms with Crippen molar-refractivity contribution in [3.8, 4) is 0 Å². The van der Waals surface area contributed by atoms with E-state index in [4.69, 9.17) is 0 Å². The van der Waals surface area contributed by atoms with Crippen molar-refractivity contribution in [3.63, 3.8) is 0 Å². The molecule has 0 spiro atoms. The molecule has 0 bridgehead atoms. The van der Waals surface area contributed by atoms with E-state index in [0.29, 0.717) is 11.8 Å². The Labute approximate surface area is 115 Å². The maximum Gasteiger partial charge on any atom is 0.226 e. The van der Waals surface area contributed by atoms with E-state index in [1.165, 1.54) is 0 Å². The highest BCUT2D eigenvalue weighted by molar-refractivity contribution is 5.79. The minimum absolute atomic E-state index is 0.0341. The van der Waals surface area contributed by atoms with Gasteiger partial charge in [0.15, 0.2) is 0 Å². The van der Waals surface area contributed by atoms with Gasteiger partial charge in [-0.15, -0.1) is 0 Å². The number of nitrogens with one attached hydrogen (secondary N) is 2. The van der Waals surface area contributed by atoms with Crippen LogP contribution >= 0.6 is 0 Å². The minimum Gasteiger partial charge on any atom is -0.356 e. The quantitative estimate of drug-likeness (QED) is 0.776. The number of amides is 2. The number of carbonyl (C=O) groups is 2. The van der Waals surface area contributed by atoms with Gasteiger partial charge in [0.05, 0.1) is 5.92 Å². The van der Waals surface area contributed by atoms with Crippen molar-refractivity contribution in [3.05, 3.63) is 0 Å². The second-order valence-electron chi connectivity index (χ2n) is 5.75. The molecule has 2 N–H and O–H groups in total. The fourth-order valence-electron chi connectivity index (χ4n) is 2.97. The lowest BCUT2D eigenvalue weighted by Crippen LogP contribution is -2.47. The summed E-state index contributed by atoms with van der Waals surface area (Å²) in [5.41, 5.74) is 0. The lowest BCUT2D eigenvalue weighted by Gasteiger charge is -2.35. The maximum atomic E-state index is 12.3. The molecule has 0 aromatic rings. The third-order valence-corrected chi connectivity index (χ3v) is 4.21. The Bertz CT molecular complexity index is 319.